The largest absolute Gasteiger partial charge is 0.356 e. The van der Waals surface area contributed by atoms with Gasteiger partial charge in [-0.2, -0.15) is 11.8 Å². The van der Waals surface area contributed by atoms with Crippen molar-refractivity contribution in [1.29, 1.82) is 0 Å². The second kappa shape index (κ2) is 7.38. The Morgan fingerprint density at radius 2 is 2.26 bits per heavy atom. The van der Waals surface area contributed by atoms with Crippen LogP contribution in [0.4, 0.5) is 0 Å². The van der Waals surface area contributed by atoms with Crippen molar-refractivity contribution in [2.45, 2.75) is 18.1 Å². The Balaban J connectivity index is 0.00000133. The summed E-state index contributed by atoms with van der Waals surface area (Å²) in [7, 11) is 0. The van der Waals surface area contributed by atoms with Gasteiger partial charge in [-0.1, -0.05) is 24.3 Å². The van der Waals surface area contributed by atoms with E-state index in [2.05, 4.69) is 39.9 Å². The van der Waals surface area contributed by atoms with Gasteiger partial charge in [-0.3, -0.25) is 4.99 Å². The zero-order valence-electron chi connectivity index (χ0n) is 10.9. The fraction of sp³-hybridized carbons (Fsp3) is 0.500. The lowest BCUT2D eigenvalue weighted by atomic mass is 10.0. The van der Waals surface area contributed by atoms with Crippen LogP contribution < -0.4 is 10.6 Å². The third-order valence-corrected chi connectivity index (χ3v) is 4.71. The Morgan fingerprint density at radius 1 is 1.37 bits per heavy atom. The first-order valence-corrected chi connectivity index (χ1v) is 7.70. The van der Waals surface area contributed by atoms with Crippen LogP contribution in [0, 0.1) is 0 Å². The number of benzene rings is 1. The number of halogens is 1. The van der Waals surface area contributed by atoms with Gasteiger partial charge in [-0.15, -0.1) is 24.0 Å². The standard InChI is InChI=1S/C14H19N3S.HI/c1-2-5-12-11(4-1)6-9-18-13(12)10-17-14-15-7-3-8-16-14;/h1-2,4-5,13H,3,6-10H2,(H2,15,16,17);1H. The summed E-state index contributed by atoms with van der Waals surface area (Å²) in [6, 6.07) is 8.82. The molecule has 3 nitrogen and oxygen atoms in total. The number of thioether (sulfide) groups is 1. The minimum Gasteiger partial charge on any atom is -0.356 e. The number of guanidine groups is 1. The Labute approximate surface area is 136 Å². The average molecular weight is 389 g/mol. The molecule has 2 aliphatic rings. The van der Waals surface area contributed by atoms with Crippen LogP contribution in [0.25, 0.3) is 0 Å². The first-order valence-electron chi connectivity index (χ1n) is 6.65. The minimum atomic E-state index is 0. The van der Waals surface area contributed by atoms with Crippen LogP contribution in [0.1, 0.15) is 22.8 Å². The molecule has 2 N–H and O–H groups in total. The molecule has 0 amide bonds. The van der Waals surface area contributed by atoms with E-state index in [0.29, 0.717) is 5.25 Å². The molecule has 104 valence electrons. The topological polar surface area (TPSA) is 36.4 Å². The van der Waals surface area contributed by atoms with Gasteiger partial charge in [0.1, 0.15) is 0 Å². The fourth-order valence-electron chi connectivity index (χ4n) is 2.49. The summed E-state index contributed by atoms with van der Waals surface area (Å²) in [5, 5.41) is 7.32. The Bertz CT molecular complexity index is 450. The van der Waals surface area contributed by atoms with Crippen molar-refractivity contribution in [2.75, 3.05) is 25.4 Å². The van der Waals surface area contributed by atoms with Crippen LogP contribution in [-0.2, 0) is 6.42 Å². The van der Waals surface area contributed by atoms with Gasteiger partial charge in [0.05, 0.1) is 0 Å². The smallest absolute Gasteiger partial charge is 0.191 e. The van der Waals surface area contributed by atoms with E-state index in [1.807, 2.05) is 11.8 Å². The third-order valence-electron chi connectivity index (χ3n) is 3.44. The predicted molar refractivity (Wildman–Crippen MR) is 93.7 cm³/mol. The van der Waals surface area contributed by atoms with Gasteiger partial charge in [0.25, 0.3) is 0 Å². The molecule has 5 heteroatoms. The molecule has 0 saturated carbocycles. The van der Waals surface area contributed by atoms with Crippen molar-refractivity contribution in [3.63, 3.8) is 0 Å². The van der Waals surface area contributed by atoms with Gasteiger partial charge in [-0.05, 0) is 29.7 Å². The lowest BCUT2D eigenvalue weighted by Gasteiger charge is -2.26. The molecule has 0 aliphatic carbocycles. The highest BCUT2D eigenvalue weighted by Gasteiger charge is 2.20. The van der Waals surface area contributed by atoms with Crippen LogP contribution in [0.15, 0.2) is 29.3 Å². The first kappa shape index (κ1) is 15.0. The van der Waals surface area contributed by atoms with Gasteiger partial charge >= 0.3 is 0 Å². The molecule has 1 unspecified atom stereocenters. The molecule has 1 atom stereocenters. The van der Waals surface area contributed by atoms with E-state index in [0.717, 1.165) is 32.0 Å². The third kappa shape index (κ3) is 3.78. The predicted octanol–water partition coefficient (Wildman–Crippen LogP) is 2.57. The summed E-state index contributed by atoms with van der Waals surface area (Å²) in [5.41, 5.74) is 3.01. The summed E-state index contributed by atoms with van der Waals surface area (Å²) in [6.07, 6.45) is 2.35. The highest BCUT2D eigenvalue weighted by Crippen LogP contribution is 2.35. The molecule has 19 heavy (non-hydrogen) atoms. The summed E-state index contributed by atoms with van der Waals surface area (Å²) in [6.45, 7) is 2.96. The van der Waals surface area contributed by atoms with E-state index in [4.69, 9.17) is 0 Å². The molecule has 2 aliphatic heterocycles. The molecule has 1 aromatic rings. The molecule has 3 rings (SSSR count). The number of nitrogens with zero attached hydrogens (tertiary/aromatic N) is 1. The number of nitrogens with one attached hydrogen (secondary N) is 2. The van der Waals surface area contributed by atoms with Crippen molar-refractivity contribution in [1.82, 2.24) is 10.6 Å². The Kier molecular flexibility index (Phi) is 5.81. The molecule has 0 aromatic heterocycles. The van der Waals surface area contributed by atoms with Gasteiger partial charge in [0.15, 0.2) is 5.96 Å². The molecule has 0 spiro atoms. The zero-order chi connectivity index (χ0) is 12.2. The number of rotatable bonds is 2. The summed E-state index contributed by atoms with van der Waals surface area (Å²) in [5.74, 6) is 2.20. The van der Waals surface area contributed by atoms with E-state index in [1.165, 1.54) is 23.3 Å². The van der Waals surface area contributed by atoms with Crippen molar-refractivity contribution in [3.8, 4) is 0 Å². The lowest BCUT2D eigenvalue weighted by molar-refractivity contribution is 0.696. The average Bonchev–Trinajstić information content (AvgIpc) is 2.46. The highest BCUT2D eigenvalue weighted by atomic mass is 127. The number of hydrogen-bond donors (Lipinski definition) is 2. The number of aryl methyl sites for hydroxylation is 1. The molecule has 1 aromatic carbocycles. The second-order valence-corrected chi connectivity index (χ2v) is 6.01. The molecular weight excluding hydrogens is 369 g/mol. The fourth-order valence-corrected chi connectivity index (χ4v) is 3.72. The van der Waals surface area contributed by atoms with Gasteiger partial charge in [0, 0.05) is 24.9 Å². The van der Waals surface area contributed by atoms with Crippen LogP contribution in [-0.4, -0.2) is 31.3 Å². The van der Waals surface area contributed by atoms with Gasteiger partial charge in [-0.25, -0.2) is 0 Å². The van der Waals surface area contributed by atoms with E-state index in [9.17, 15) is 0 Å². The molecular formula is C14H20IN3S. The highest BCUT2D eigenvalue weighted by molar-refractivity contribution is 14.0. The number of aliphatic imine (C=N–C) groups is 1. The van der Waals surface area contributed by atoms with E-state index >= 15 is 0 Å². The van der Waals surface area contributed by atoms with Crippen LogP contribution in [0.3, 0.4) is 0 Å². The van der Waals surface area contributed by atoms with E-state index < -0.39 is 0 Å². The Morgan fingerprint density at radius 3 is 3.11 bits per heavy atom. The summed E-state index contributed by atoms with van der Waals surface area (Å²) >= 11 is 2.05. The zero-order valence-corrected chi connectivity index (χ0v) is 14.0. The lowest BCUT2D eigenvalue weighted by Crippen LogP contribution is -2.42. The number of fused-ring (bicyclic) bond motifs is 1. The summed E-state index contributed by atoms with van der Waals surface area (Å²) in [4.78, 5) is 4.45. The minimum absolute atomic E-state index is 0. The molecule has 0 fully saturated rings. The maximum atomic E-state index is 4.45. The van der Waals surface area contributed by atoms with Crippen LogP contribution in [0.2, 0.25) is 0 Å². The van der Waals surface area contributed by atoms with Crippen molar-refractivity contribution >= 4 is 41.7 Å². The first-order chi connectivity index (χ1) is 8.93. The molecule has 0 saturated heterocycles. The molecule has 0 radical (unpaired) electrons. The van der Waals surface area contributed by atoms with Gasteiger partial charge < -0.3 is 10.6 Å². The Hall–Kier alpha value is -0.430. The van der Waals surface area contributed by atoms with Gasteiger partial charge in [0.2, 0.25) is 0 Å². The molecule has 0 bridgehead atoms. The normalized spacial score (nSPS) is 21.5. The maximum Gasteiger partial charge on any atom is 0.191 e. The van der Waals surface area contributed by atoms with Crippen LogP contribution in [0.5, 0.6) is 0 Å². The monoisotopic (exact) mass is 389 g/mol. The summed E-state index contributed by atoms with van der Waals surface area (Å²) < 4.78 is 0. The van der Waals surface area contributed by atoms with E-state index in [1.54, 1.807) is 0 Å². The van der Waals surface area contributed by atoms with Crippen molar-refractivity contribution in [3.05, 3.63) is 35.4 Å². The maximum absolute atomic E-state index is 4.45. The van der Waals surface area contributed by atoms with E-state index in [-0.39, 0.29) is 24.0 Å². The SMILES string of the molecule is I.c1ccc2c(c1)CCSC2CNC1=NCCCN1. The molecule has 2 heterocycles. The quantitative estimate of drug-likeness (QED) is 0.764. The van der Waals surface area contributed by atoms with Crippen molar-refractivity contribution < 1.29 is 0 Å². The van der Waals surface area contributed by atoms with Crippen molar-refractivity contribution in [2.24, 2.45) is 4.99 Å². The number of hydrogen-bond acceptors (Lipinski definition) is 4. The van der Waals surface area contributed by atoms with Crippen LogP contribution >= 0.6 is 35.7 Å². The second-order valence-electron chi connectivity index (χ2n) is 4.70.